The molecule has 0 bridgehead atoms. The Kier molecular flexibility index (Phi) is 5.40. The van der Waals surface area contributed by atoms with Crippen molar-refractivity contribution in [2.75, 3.05) is 18.1 Å². The van der Waals surface area contributed by atoms with Gasteiger partial charge in [-0.25, -0.2) is 8.42 Å². The third-order valence-corrected chi connectivity index (χ3v) is 5.39. The summed E-state index contributed by atoms with van der Waals surface area (Å²) in [5.41, 5.74) is 0.656. The summed E-state index contributed by atoms with van der Waals surface area (Å²) in [5.74, 6) is -0.311. The molecule has 0 spiro atoms. The zero-order chi connectivity index (χ0) is 15.5. The van der Waals surface area contributed by atoms with Gasteiger partial charge in [0.1, 0.15) is 0 Å². The van der Waals surface area contributed by atoms with Crippen molar-refractivity contribution in [2.24, 2.45) is 0 Å². The van der Waals surface area contributed by atoms with Gasteiger partial charge in [-0.15, -0.1) is 0 Å². The molecule has 7 heteroatoms. The number of nitrogens with one attached hydrogen (secondary N) is 1. The molecule has 1 aliphatic carbocycles. The first kappa shape index (κ1) is 16.5. The zero-order valence-corrected chi connectivity index (χ0v) is 14.3. The maximum absolute atomic E-state index is 12.1. The van der Waals surface area contributed by atoms with Crippen LogP contribution in [0.25, 0.3) is 0 Å². The van der Waals surface area contributed by atoms with Gasteiger partial charge in [-0.05, 0) is 37.1 Å². The van der Waals surface area contributed by atoms with Crippen molar-refractivity contribution < 1.29 is 13.2 Å². The van der Waals surface area contributed by atoms with Gasteiger partial charge >= 0.3 is 0 Å². The van der Waals surface area contributed by atoms with E-state index in [9.17, 15) is 13.2 Å². The number of anilines is 1. The maximum atomic E-state index is 12.1. The van der Waals surface area contributed by atoms with Crippen LogP contribution in [0.1, 0.15) is 25.7 Å². The van der Waals surface area contributed by atoms with Crippen molar-refractivity contribution in [3.8, 4) is 0 Å². The van der Waals surface area contributed by atoms with Crippen LogP contribution in [-0.2, 0) is 14.8 Å². The molecule has 116 valence electrons. The van der Waals surface area contributed by atoms with Crippen molar-refractivity contribution in [3.05, 3.63) is 28.7 Å². The van der Waals surface area contributed by atoms with Gasteiger partial charge in [-0.1, -0.05) is 28.8 Å². The molecule has 1 N–H and O–H groups in total. The zero-order valence-electron chi connectivity index (χ0n) is 11.9. The second-order valence-electron chi connectivity index (χ2n) is 5.30. The lowest BCUT2D eigenvalue weighted by atomic mass is 10.2. The molecule has 0 radical (unpaired) electrons. The summed E-state index contributed by atoms with van der Waals surface area (Å²) in [6, 6.07) is 7.13. The number of nitrogens with zero attached hydrogens (tertiary/aromatic N) is 1. The van der Waals surface area contributed by atoms with Gasteiger partial charge in [0.25, 0.3) is 0 Å². The van der Waals surface area contributed by atoms with Gasteiger partial charge in [0.15, 0.2) is 0 Å². The number of halogens is 1. The average molecular weight is 375 g/mol. The average Bonchev–Trinajstić information content (AvgIpc) is 2.91. The number of amides is 1. The molecule has 1 saturated carbocycles. The van der Waals surface area contributed by atoms with Crippen molar-refractivity contribution in [2.45, 2.75) is 31.7 Å². The highest BCUT2D eigenvalue weighted by Gasteiger charge is 2.30. The normalized spacial score (nSPS) is 16.3. The van der Waals surface area contributed by atoms with Crippen molar-refractivity contribution in [1.29, 1.82) is 0 Å². The first-order chi connectivity index (χ1) is 9.86. The maximum Gasteiger partial charge on any atom is 0.239 e. The van der Waals surface area contributed by atoms with Crippen LogP contribution in [0.4, 0.5) is 5.69 Å². The molecule has 0 saturated heterocycles. The van der Waals surface area contributed by atoms with Crippen LogP contribution in [0.3, 0.4) is 0 Å². The van der Waals surface area contributed by atoms with Gasteiger partial charge < -0.3 is 5.32 Å². The fourth-order valence-corrected chi connectivity index (χ4v) is 3.95. The minimum atomic E-state index is -3.38. The molecule has 0 atom stereocenters. The summed E-state index contributed by atoms with van der Waals surface area (Å²) in [7, 11) is -3.38. The molecule has 0 unspecified atom stereocenters. The molecular weight excluding hydrogens is 356 g/mol. The molecule has 5 nitrogen and oxygen atoms in total. The van der Waals surface area contributed by atoms with Crippen molar-refractivity contribution in [3.63, 3.8) is 0 Å². The Balaban J connectivity index is 2.02. The number of benzene rings is 1. The first-order valence-electron chi connectivity index (χ1n) is 6.88. The highest BCUT2D eigenvalue weighted by molar-refractivity contribution is 9.10. The molecule has 1 aliphatic rings. The molecule has 1 aromatic rings. The fourth-order valence-electron chi connectivity index (χ4n) is 2.58. The van der Waals surface area contributed by atoms with E-state index in [1.807, 2.05) is 12.1 Å². The predicted octanol–water partition coefficient (Wildman–Crippen LogP) is 2.59. The van der Waals surface area contributed by atoms with E-state index in [2.05, 4.69) is 21.2 Å². The van der Waals surface area contributed by atoms with Crippen molar-refractivity contribution in [1.82, 2.24) is 4.31 Å². The Labute approximate surface area is 133 Å². The molecule has 0 aromatic heterocycles. The number of carbonyl (C=O) groups excluding carboxylic acids is 1. The van der Waals surface area contributed by atoms with Crippen molar-refractivity contribution >= 4 is 37.5 Å². The van der Waals surface area contributed by atoms with Crippen LogP contribution in [0.15, 0.2) is 28.7 Å². The number of hydrogen-bond donors (Lipinski definition) is 1. The third kappa shape index (κ3) is 4.79. The topological polar surface area (TPSA) is 66.5 Å². The Bertz CT molecular complexity index is 595. The van der Waals surface area contributed by atoms with E-state index in [-0.39, 0.29) is 18.5 Å². The molecule has 1 amide bonds. The summed E-state index contributed by atoms with van der Waals surface area (Å²) in [4.78, 5) is 12.1. The summed E-state index contributed by atoms with van der Waals surface area (Å²) in [6.45, 7) is -0.125. The van der Waals surface area contributed by atoms with Gasteiger partial charge in [0.05, 0.1) is 12.8 Å². The van der Waals surface area contributed by atoms with Crippen LogP contribution in [0, 0.1) is 0 Å². The van der Waals surface area contributed by atoms with Crippen LogP contribution in [-0.4, -0.2) is 37.5 Å². The quantitative estimate of drug-likeness (QED) is 0.860. The van der Waals surface area contributed by atoms with Crippen LogP contribution in [0.5, 0.6) is 0 Å². The monoisotopic (exact) mass is 374 g/mol. The Hall–Kier alpha value is -0.920. The van der Waals surface area contributed by atoms with E-state index in [0.29, 0.717) is 5.69 Å². The second-order valence-corrected chi connectivity index (χ2v) is 8.15. The van der Waals surface area contributed by atoms with E-state index in [0.717, 1.165) is 36.4 Å². The Morgan fingerprint density at radius 1 is 1.29 bits per heavy atom. The van der Waals surface area contributed by atoms with Crippen LogP contribution >= 0.6 is 15.9 Å². The minimum Gasteiger partial charge on any atom is -0.325 e. The number of hydrogen-bond acceptors (Lipinski definition) is 3. The molecule has 1 fully saturated rings. The summed E-state index contributed by atoms with van der Waals surface area (Å²) in [6.07, 6.45) is 4.87. The Morgan fingerprint density at radius 2 is 1.86 bits per heavy atom. The van der Waals surface area contributed by atoms with E-state index in [1.54, 1.807) is 12.1 Å². The van der Waals surface area contributed by atoms with E-state index >= 15 is 0 Å². The molecule has 0 heterocycles. The summed E-state index contributed by atoms with van der Waals surface area (Å²) in [5, 5.41) is 2.73. The van der Waals surface area contributed by atoms with E-state index in [4.69, 9.17) is 0 Å². The van der Waals surface area contributed by atoms with Gasteiger partial charge in [0, 0.05) is 16.2 Å². The van der Waals surface area contributed by atoms with E-state index < -0.39 is 10.0 Å². The fraction of sp³-hybridized carbons (Fsp3) is 0.500. The first-order valence-corrected chi connectivity index (χ1v) is 9.52. The van der Waals surface area contributed by atoms with Gasteiger partial charge in [-0.3, -0.25) is 4.79 Å². The molecule has 1 aromatic carbocycles. The highest BCUT2D eigenvalue weighted by atomic mass is 79.9. The lowest BCUT2D eigenvalue weighted by Crippen LogP contribution is -2.43. The second kappa shape index (κ2) is 6.89. The number of rotatable bonds is 5. The number of carbonyl (C=O) groups is 1. The SMILES string of the molecule is CS(=O)(=O)N(CC(=O)Nc1ccc(Br)cc1)C1CCCC1. The smallest absolute Gasteiger partial charge is 0.239 e. The summed E-state index contributed by atoms with van der Waals surface area (Å²) < 4.78 is 26.0. The molecule has 21 heavy (non-hydrogen) atoms. The van der Waals surface area contributed by atoms with E-state index in [1.165, 1.54) is 4.31 Å². The van der Waals surface area contributed by atoms with Gasteiger partial charge in [0.2, 0.25) is 15.9 Å². The van der Waals surface area contributed by atoms with Gasteiger partial charge in [-0.2, -0.15) is 4.31 Å². The Morgan fingerprint density at radius 3 is 2.38 bits per heavy atom. The predicted molar refractivity (Wildman–Crippen MR) is 86.6 cm³/mol. The summed E-state index contributed by atoms with van der Waals surface area (Å²) >= 11 is 3.32. The lowest BCUT2D eigenvalue weighted by Gasteiger charge is -2.25. The number of sulfonamides is 1. The third-order valence-electron chi connectivity index (χ3n) is 3.59. The molecule has 0 aliphatic heterocycles. The van der Waals surface area contributed by atoms with Crippen LogP contribution < -0.4 is 5.32 Å². The largest absolute Gasteiger partial charge is 0.325 e. The minimum absolute atomic E-state index is 0.0457. The highest BCUT2D eigenvalue weighted by Crippen LogP contribution is 2.25. The standard InChI is InChI=1S/C14H19BrN2O3S/c1-21(19,20)17(13-4-2-3-5-13)10-14(18)16-12-8-6-11(15)7-9-12/h6-9,13H,2-5,10H2,1H3,(H,16,18). The van der Waals surface area contributed by atoms with Crippen LogP contribution in [0.2, 0.25) is 0 Å². The lowest BCUT2D eigenvalue weighted by molar-refractivity contribution is -0.116. The molecule has 2 rings (SSSR count). The molecular formula is C14H19BrN2O3S.